The van der Waals surface area contributed by atoms with Crippen molar-refractivity contribution in [3.05, 3.63) is 34.9 Å². The lowest BCUT2D eigenvalue weighted by Crippen LogP contribution is -2.15. The molecule has 0 aromatic heterocycles. The Morgan fingerprint density at radius 3 is 2.35 bits per heavy atom. The summed E-state index contributed by atoms with van der Waals surface area (Å²) >= 11 is 0. The number of carboxylic acid groups (broad SMARTS) is 1. The summed E-state index contributed by atoms with van der Waals surface area (Å²) in [5.41, 5.74) is 0.282. The summed E-state index contributed by atoms with van der Waals surface area (Å²) in [5.74, 6) is -3.22. The van der Waals surface area contributed by atoms with Crippen molar-refractivity contribution in [1.82, 2.24) is 0 Å². The lowest BCUT2D eigenvalue weighted by molar-refractivity contribution is -0.141. The Balaban J connectivity index is 3.14. The van der Waals surface area contributed by atoms with Crippen molar-refractivity contribution in [2.75, 3.05) is 0 Å². The first-order valence-corrected chi connectivity index (χ1v) is 5.54. The predicted molar refractivity (Wildman–Crippen MR) is 61.0 cm³/mol. The molecule has 0 radical (unpaired) electrons. The molecule has 2 nitrogen and oxygen atoms in total. The van der Waals surface area contributed by atoms with E-state index in [0.717, 1.165) is 0 Å². The molecule has 1 atom stereocenters. The molecule has 0 saturated heterocycles. The van der Waals surface area contributed by atoms with Crippen LogP contribution in [0.5, 0.6) is 0 Å². The molecular formula is C13H16F2O2. The highest BCUT2D eigenvalue weighted by Crippen LogP contribution is 2.25. The molecular weight excluding hydrogens is 226 g/mol. The molecule has 0 aliphatic carbocycles. The normalized spacial score (nSPS) is 12.8. The Morgan fingerprint density at radius 2 is 1.88 bits per heavy atom. The van der Waals surface area contributed by atoms with Crippen molar-refractivity contribution >= 4 is 5.97 Å². The third kappa shape index (κ3) is 3.02. The van der Waals surface area contributed by atoms with E-state index in [0.29, 0.717) is 5.56 Å². The van der Waals surface area contributed by atoms with Crippen LogP contribution >= 0.6 is 0 Å². The molecule has 1 aromatic rings. The van der Waals surface area contributed by atoms with Crippen molar-refractivity contribution < 1.29 is 18.7 Å². The minimum absolute atomic E-state index is 0.0607. The van der Waals surface area contributed by atoms with Gasteiger partial charge in [-0.1, -0.05) is 26.8 Å². The number of benzene rings is 1. The fraction of sp³-hybridized carbons (Fsp3) is 0.462. The summed E-state index contributed by atoms with van der Waals surface area (Å²) < 4.78 is 27.5. The number of hydrogen-bond acceptors (Lipinski definition) is 1. The van der Waals surface area contributed by atoms with Gasteiger partial charge in [0.2, 0.25) is 0 Å². The van der Waals surface area contributed by atoms with Gasteiger partial charge in [-0.2, -0.15) is 0 Å². The third-order valence-electron chi connectivity index (χ3n) is 2.77. The van der Waals surface area contributed by atoms with Crippen molar-refractivity contribution in [1.29, 1.82) is 0 Å². The lowest BCUT2D eigenvalue weighted by Gasteiger charge is -2.13. The highest BCUT2D eigenvalue weighted by Gasteiger charge is 2.20. The van der Waals surface area contributed by atoms with Crippen LogP contribution in [0, 0.1) is 17.6 Å². The minimum atomic E-state index is -1.06. The molecule has 0 aliphatic heterocycles. The molecule has 1 unspecified atom stereocenters. The molecule has 0 spiro atoms. The van der Waals surface area contributed by atoms with Crippen LogP contribution in [0.2, 0.25) is 0 Å². The van der Waals surface area contributed by atoms with E-state index in [4.69, 9.17) is 5.11 Å². The van der Waals surface area contributed by atoms with Crippen molar-refractivity contribution in [3.63, 3.8) is 0 Å². The Hall–Kier alpha value is -1.45. The Bertz CT molecular complexity index is 428. The SMILES string of the molecule is CC(Cc1c(F)ccc(C(C)C)c1F)C(=O)O. The van der Waals surface area contributed by atoms with Crippen molar-refractivity contribution in [3.8, 4) is 0 Å². The van der Waals surface area contributed by atoms with Crippen LogP contribution < -0.4 is 0 Å². The molecule has 1 N–H and O–H groups in total. The van der Waals surface area contributed by atoms with Gasteiger partial charge in [-0.3, -0.25) is 4.79 Å². The molecule has 1 rings (SSSR count). The fourth-order valence-electron chi connectivity index (χ4n) is 1.64. The molecule has 0 saturated carbocycles. The third-order valence-corrected chi connectivity index (χ3v) is 2.77. The fourth-order valence-corrected chi connectivity index (χ4v) is 1.64. The van der Waals surface area contributed by atoms with Crippen molar-refractivity contribution in [2.24, 2.45) is 5.92 Å². The second kappa shape index (κ2) is 5.25. The van der Waals surface area contributed by atoms with Gasteiger partial charge < -0.3 is 5.11 Å². The minimum Gasteiger partial charge on any atom is -0.481 e. The average Bonchev–Trinajstić information content (AvgIpc) is 2.22. The van der Waals surface area contributed by atoms with Crippen LogP contribution in [0.25, 0.3) is 0 Å². The van der Waals surface area contributed by atoms with E-state index in [1.165, 1.54) is 19.1 Å². The summed E-state index contributed by atoms with van der Waals surface area (Å²) in [4.78, 5) is 10.7. The number of carbonyl (C=O) groups is 1. The van der Waals surface area contributed by atoms with E-state index in [2.05, 4.69) is 0 Å². The number of rotatable bonds is 4. The number of halogens is 2. The van der Waals surface area contributed by atoms with Gasteiger partial charge >= 0.3 is 5.97 Å². The maximum atomic E-state index is 14.0. The highest BCUT2D eigenvalue weighted by atomic mass is 19.1. The smallest absolute Gasteiger partial charge is 0.306 e. The molecule has 0 fully saturated rings. The number of hydrogen-bond donors (Lipinski definition) is 1. The second-order valence-corrected chi connectivity index (χ2v) is 4.53. The van der Waals surface area contributed by atoms with Gasteiger partial charge in [0, 0.05) is 5.56 Å². The first-order valence-electron chi connectivity index (χ1n) is 5.54. The zero-order valence-electron chi connectivity index (χ0n) is 10.1. The summed E-state index contributed by atoms with van der Waals surface area (Å²) in [6, 6.07) is 2.60. The van der Waals surface area contributed by atoms with Gasteiger partial charge in [0.25, 0.3) is 0 Å². The summed E-state index contributed by atoms with van der Waals surface area (Å²) in [5, 5.41) is 8.76. The molecule has 0 aliphatic rings. The molecule has 1 aromatic carbocycles. The van der Waals surface area contributed by atoms with E-state index in [1.54, 1.807) is 13.8 Å². The van der Waals surface area contributed by atoms with Crippen LogP contribution in [-0.4, -0.2) is 11.1 Å². The van der Waals surface area contributed by atoms with E-state index in [9.17, 15) is 13.6 Å². The highest BCUT2D eigenvalue weighted by molar-refractivity contribution is 5.69. The molecule has 4 heteroatoms. The zero-order valence-corrected chi connectivity index (χ0v) is 10.1. The quantitative estimate of drug-likeness (QED) is 0.879. The Labute approximate surface area is 99.3 Å². The van der Waals surface area contributed by atoms with Crippen LogP contribution in [0.3, 0.4) is 0 Å². The zero-order chi connectivity index (χ0) is 13.2. The van der Waals surface area contributed by atoms with Crippen molar-refractivity contribution in [2.45, 2.75) is 33.1 Å². The Kier molecular flexibility index (Phi) is 4.21. The van der Waals surface area contributed by atoms with E-state index in [1.807, 2.05) is 0 Å². The summed E-state index contributed by atoms with van der Waals surface area (Å²) in [6.07, 6.45) is -0.131. The second-order valence-electron chi connectivity index (χ2n) is 4.53. The van der Waals surface area contributed by atoms with Crippen LogP contribution in [-0.2, 0) is 11.2 Å². The lowest BCUT2D eigenvalue weighted by atomic mass is 9.94. The standard InChI is InChI=1S/C13H16F2O2/c1-7(2)9-4-5-11(14)10(12(9)15)6-8(3)13(16)17/h4-5,7-8H,6H2,1-3H3,(H,16,17). The van der Waals surface area contributed by atoms with Crippen LogP contribution in [0.1, 0.15) is 37.8 Å². The topological polar surface area (TPSA) is 37.3 Å². The first kappa shape index (κ1) is 13.6. The van der Waals surface area contributed by atoms with Crippen LogP contribution in [0.15, 0.2) is 12.1 Å². The molecule has 0 amide bonds. The number of aliphatic carboxylic acids is 1. The Morgan fingerprint density at radius 1 is 1.29 bits per heavy atom. The maximum absolute atomic E-state index is 14.0. The maximum Gasteiger partial charge on any atom is 0.306 e. The van der Waals surface area contributed by atoms with Gasteiger partial charge in [-0.05, 0) is 24.0 Å². The predicted octanol–water partition coefficient (Wildman–Crippen LogP) is 3.35. The van der Waals surface area contributed by atoms with E-state index in [-0.39, 0.29) is 17.9 Å². The van der Waals surface area contributed by atoms with E-state index >= 15 is 0 Å². The average molecular weight is 242 g/mol. The molecule has 0 heterocycles. The van der Waals surface area contributed by atoms with Crippen LogP contribution in [0.4, 0.5) is 8.78 Å². The van der Waals surface area contributed by atoms with Gasteiger partial charge in [-0.25, -0.2) is 8.78 Å². The van der Waals surface area contributed by atoms with Gasteiger partial charge in [0.05, 0.1) is 5.92 Å². The molecule has 0 bridgehead atoms. The summed E-state index contributed by atoms with van der Waals surface area (Å²) in [6.45, 7) is 5.05. The van der Waals surface area contributed by atoms with Gasteiger partial charge in [0.1, 0.15) is 11.6 Å². The molecule has 94 valence electrons. The first-order chi connectivity index (χ1) is 7.84. The van der Waals surface area contributed by atoms with E-state index < -0.39 is 23.5 Å². The number of carboxylic acids is 1. The van der Waals surface area contributed by atoms with Gasteiger partial charge in [0.15, 0.2) is 0 Å². The van der Waals surface area contributed by atoms with Gasteiger partial charge in [-0.15, -0.1) is 0 Å². The largest absolute Gasteiger partial charge is 0.481 e. The summed E-state index contributed by atoms with van der Waals surface area (Å²) in [7, 11) is 0. The molecule has 17 heavy (non-hydrogen) atoms. The monoisotopic (exact) mass is 242 g/mol.